The molecule has 0 spiro atoms. The zero-order valence-electron chi connectivity index (χ0n) is 31.9. The van der Waals surface area contributed by atoms with E-state index in [1.807, 2.05) is 6.07 Å². The van der Waals surface area contributed by atoms with Crippen LogP contribution < -0.4 is 0 Å². The van der Waals surface area contributed by atoms with Crippen LogP contribution in [-0.2, 0) is 5.41 Å². The van der Waals surface area contributed by atoms with Crippen LogP contribution >= 0.6 is 0 Å². The fourth-order valence-corrected chi connectivity index (χ4v) is 9.05. The minimum atomic E-state index is -0.0592. The van der Waals surface area contributed by atoms with Gasteiger partial charge in [-0.15, -0.1) is 0 Å². The zero-order valence-corrected chi connectivity index (χ0v) is 31.9. The Hall–Kier alpha value is -7.16. The van der Waals surface area contributed by atoms with Crippen molar-refractivity contribution in [1.82, 2.24) is 9.97 Å². The molecule has 1 aliphatic rings. The molecule has 10 aromatic rings. The highest BCUT2D eigenvalue weighted by Crippen LogP contribution is 2.51. The number of nitrogens with zero attached hydrogens (tertiary/aromatic N) is 2. The molecule has 0 amide bonds. The number of rotatable bonds is 5. The van der Waals surface area contributed by atoms with Crippen LogP contribution in [0.4, 0.5) is 0 Å². The highest BCUT2D eigenvalue weighted by molar-refractivity contribution is 6.05. The molecule has 9 aromatic carbocycles. The summed E-state index contributed by atoms with van der Waals surface area (Å²) in [6, 6.07) is 70.2. The molecular weight excluding hydrogens is 689 g/mol. The van der Waals surface area contributed by atoms with Crippen LogP contribution in [0.5, 0.6) is 0 Å². The van der Waals surface area contributed by atoms with Crippen LogP contribution in [0.1, 0.15) is 25.0 Å². The SMILES string of the molecule is CC1(C)c2ccc(-c3cccc(-c4ccc(-c5nc(-c6ccccc6)cc(-c6ccc7ccccc7c6)n5)c5ccccc45)c3)cc2-c2cc3ccccc3cc21. The molecular formula is C55H38N2. The van der Waals surface area contributed by atoms with Gasteiger partial charge in [0.15, 0.2) is 5.82 Å². The quantitative estimate of drug-likeness (QED) is 0.176. The van der Waals surface area contributed by atoms with Gasteiger partial charge in [-0.25, -0.2) is 9.97 Å². The molecule has 1 aromatic heterocycles. The van der Waals surface area contributed by atoms with Crippen LogP contribution in [0.2, 0.25) is 0 Å². The number of benzene rings is 9. The Morgan fingerprint density at radius 2 is 0.877 bits per heavy atom. The van der Waals surface area contributed by atoms with Crippen LogP contribution in [-0.4, -0.2) is 9.97 Å². The van der Waals surface area contributed by atoms with Crippen molar-refractivity contribution in [1.29, 1.82) is 0 Å². The number of hydrogen-bond acceptors (Lipinski definition) is 2. The standard InChI is InChI=1S/C55H38N2/c1-55(2)50-28-25-41(32-48(50)49-31-39-17-8-9-18-40(39)33-51(49)55)38-19-12-20-42(29-38)44-26-27-47(46-22-11-10-21-45(44)46)54-56-52(36-14-4-3-5-15-36)34-53(57-54)43-24-23-35-13-6-7-16-37(35)30-43/h3-34H,1-2H3. The molecule has 0 saturated heterocycles. The molecule has 0 atom stereocenters. The van der Waals surface area contributed by atoms with Crippen molar-refractivity contribution in [2.75, 3.05) is 0 Å². The third kappa shape index (κ3) is 5.56. The van der Waals surface area contributed by atoms with Crippen LogP contribution in [0, 0.1) is 0 Å². The van der Waals surface area contributed by atoms with E-state index < -0.39 is 0 Å². The van der Waals surface area contributed by atoms with E-state index in [4.69, 9.17) is 9.97 Å². The molecule has 0 N–H and O–H groups in total. The van der Waals surface area contributed by atoms with Gasteiger partial charge in [-0.1, -0.05) is 166 Å². The van der Waals surface area contributed by atoms with Gasteiger partial charge >= 0.3 is 0 Å². The molecule has 1 aliphatic carbocycles. The summed E-state index contributed by atoms with van der Waals surface area (Å²) in [5.41, 5.74) is 15.1. The summed E-state index contributed by atoms with van der Waals surface area (Å²) in [5.74, 6) is 0.713. The van der Waals surface area contributed by atoms with Crippen molar-refractivity contribution in [2.45, 2.75) is 19.3 Å². The van der Waals surface area contributed by atoms with Gasteiger partial charge in [0.1, 0.15) is 0 Å². The lowest BCUT2D eigenvalue weighted by Crippen LogP contribution is -2.14. The average Bonchev–Trinajstić information content (AvgIpc) is 3.49. The van der Waals surface area contributed by atoms with Gasteiger partial charge in [-0.05, 0) is 119 Å². The molecule has 268 valence electrons. The summed E-state index contributed by atoms with van der Waals surface area (Å²) in [6.45, 7) is 4.71. The van der Waals surface area contributed by atoms with Gasteiger partial charge in [0.05, 0.1) is 11.4 Å². The minimum Gasteiger partial charge on any atom is -0.228 e. The van der Waals surface area contributed by atoms with E-state index in [2.05, 4.69) is 202 Å². The molecule has 0 fully saturated rings. The summed E-state index contributed by atoms with van der Waals surface area (Å²) >= 11 is 0. The second-order valence-electron chi connectivity index (χ2n) is 15.8. The van der Waals surface area contributed by atoms with E-state index in [1.165, 1.54) is 71.4 Å². The number of hydrogen-bond donors (Lipinski definition) is 0. The smallest absolute Gasteiger partial charge is 0.161 e. The maximum Gasteiger partial charge on any atom is 0.161 e. The summed E-state index contributed by atoms with van der Waals surface area (Å²) in [5, 5.41) is 7.27. The first-order valence-electron chi connectivity index (χ1n) is 19.7. The first-order valence-corrected chi connectivity index (χ1v) is 19.7. The molecule has 0 bridgehead atoms. The molecule has 57 heavy (non-hydrogen) atoms. The van der Waals surface area contributed by atoms with E-state index in [1.54, 1.807) is 0 Å². The van der Waals surface area contributed by atoms with Gasteiger partial charge in [0.25, 0.3) is 0 Å². The van der Waals surface area contributed by atoms with Gasteiger partial charge in [0.2, 0.25) is 0 Å². The molecule has 0 aliphatic heterocycles. The zero-order chi connectivity index (χ0) is 38.1. The Morgan fingerprint density at radius 3 is 1.67 bits per heavy atom. The van der Waals surface area contributed by atoms with Crippen LogP contribution in [0.3, 0.4) is 0 Å². The molecule has 0 radical (unpaired) electrons. The number of fused-ring (bicyclic) bond motifs is 6. The predicted molar refractivity (Wildman–Crippen MR) is 239 cm³/mol. The Balaban J connectivity index is 1.02. The van der Waals surface area contributed by atoms with E-state index >= 15 is 0 Å². The Morgan fingerprint density at radius 1 is 0.316 bits per heavy atom. The lowest BCUT2D eigenvalue weighted by atomic mass is 9.81. The monoisotopic (exact) mass is 726 g/mol. The van der Waals surface area contributed by atoms with Crippen LogP contribution in [0.15, 0.2) is 194 Å². The fraction of sp³-hybridized carbons (Fsp3) is 0.0545. The molecule has 11 rings (SSSR count). The highest BCUT2D eigenvalue weighted by atomic mass is 14.9. The summed E-state index contributed by atoms with van der Waals surface area (Å²) in [6.07, 6.45) is 0. The molecule has 1 heterocycles. The van der Waals surface area contributed by atoms with Crippen molar-refractivity contribution in [3.8, 4) is 67.3 Å². The maximum atomic E-state index is 5.27. The van der Waals surface area contributed by atoms with E-state index in [0.29, 0.717) is 5.82 Å². The minimum absolute atomic E-state index is 0.0592. The summed E-state index contributed by atoms with van der Waals surface area (Å²) < 4.78 is 0. The number of aromatic nitrogens is 2. The molecule has 0 unspecified atom stereocenters. The second-order valence-corrected chi connectivity index (χ2v) is 15.8. The van der Waals surface area contributed by atoms with Gasteiger partial charge in [-0.2, -0.15) is 0 Å². The largest absolute Gasteiger partial charge is 0.228 e. The van der Waals surface area contributed by atoms with Crippen molar-refractivity contribution >= 4 is 32.3 Å². The molecule has 2 nitrogen and oxygen atoms in total. The second kappa shape index (κ2) is 13.0. The van der Waals surface area contributed by atoms with E-state index in [-0.39, 0.29) is 5.41 Å². The Bertz CT molecular complexity index is 3210. The normalized spacial score (nSPS) is 12.9. The summed E-state index contributed by atoms with van der Waals surface area (Å²) in [4.78, 5) is 10.5. The van der Waals surface area contributed by atoms with Gasteiger partial charge in [-0.3, -0.25) is 0 Å². The predicted octanol–water partition coefficient (Wildman–Crippen LogP) is 14.6. The fourth-order valence-electron chi connectivity index (χ4n) is 9.05. The van der Waals surface area contributed by atoms with Gasteiger partial charge < -0.3 is 0 Å². The third-order valence-electron chi connectivity index (χ3n) is 12.1. The Kier molecular flexibility index (Phi) is 7.55. The first kappa shape index (κ1) is 33.2. The highest BCUT2D eigenvalue weighted by Gasteiger charge is 2.35. The summed E-state index contributed by atoms with van der Waals surface area (Å²) in [7, 11) is 0. The first-order chi connectivity index (χ1) is 28.0. The van der Waals surface area contributed by atoms with Gasteiger partial charge in [0, 0.05) is 22.1 Å². The third-order valence-corrected chi connectivity index (χ3v) is 12.1. The van der Waals surface area contributed by atoms with Crippen molar-refractivity contribution in [3.63, 3.8) is 0 Å². The molecule has 2 heteroatoms. The van der Waals surface area contributed by atoms with Crippen molar-refractivity contribution < 1.29 is 0 Å². The topological polar surface area (TPSA) is 25.8 Å². The molecule has 0 saturated carbocycles. The lowest BCUT2D eigenvalue weighted by molar-refractivity contribution is 0.661. The van der Waals surface area contributed by atoms with E-state index in [9.17, 15) is 0 Å². The average molecular weight is 727 g/mol. The maximum absolute atomic E-state index is 5.27. The van der Waals surface area contributed by atoms with E-state index in [0.717, 1.165) is 33.5 Å². The Labute approximate surface area is 332 Å². The van der Waals surface area contributed by atoms with Crippen LogP contribution in [0.25, 0.3) is 99.6 Å². The van der Waals surface area contributed by atoms with Crippen molar-refractivity contribution in [3.05, 3.63) is 205 Å². The lowest BCUT2D eigenvalue weighted by Gasteiger charge is -2.22. The van der Waals surface area contributed by atoms with Crippen molar-refractivity contribution in [2.24, 2.45) is 0 Å².